The minimum Gasteiger partial charge on any atom is -0.464 e. The molecule has 0 aliphatic carbocycles. The predicted molar refractivity (Wildman–Crippen MR) is 84.3 cm³/mol. The topological polar surface area (TPSA) is 71.5 Å². The number of benzene rings is 1. The fraction of sp³-hybridized carbons (Fsp3) is 0.188. The van der Waals surface area contributed by atoms with Crippen LogP contribution in [0, 0.1) is 0 Å². The second-order valence-electron chi connectivity index (χ2n) is 4.80. The van der Waals surface area contributed by atoms with Crippen LogP contribution in [-0.2, 0) is 4.74 Å². The molecule has 0 atom stereocenters. The smallest absolute Gasteiger partial charge is 0.356 e. The van der Waals surface area contributed by atoms with Crippen molar-refractivity contribution in [3.63, 3.8) is 0 Å². The van der Waals surface area contributed by atoms with Crippen molar-refractivity contribution in [2.45, 2.75) is 0 Å². The predicted octanol–water partition coefficient (Wildman–Crippen LogP) is 2.19. The number of carbonyl (C=O) groups is 2. The van der Waals surface area contributed by atoms with Gasteiger partial charge in [0.25, 0.3) is 5.91 Å². The molecule has 0 aliphatic heterocycles. The first kappa shape index (κ1) is 15.5. The Morgan fingerprint density at radius 1 is 1.09 bits per heavy atom. The summed E-state index contributed by atoms with van der Waals surface area (Å²) in [5, 5.41) is 2.76. The molecule has 1 aromatic carbocycles. The monoisotopic (exact) mass is 299 g/mol. The molecule has 0 aliphatic rings. The summed E-state index contributed by atoms with van der Waals surface area (Å²) in [4.78, 5) is 29.6. The molecule has 6 heteroatoms. The zero-order valence-electron chi connectivity index (χ0n) is 12.7. The maximum absolute atomic E-state index is 12.2. The molecule has 2 aromatic rings. The van der Waals surface area contributed by atoms with Gasteiger partial charge in [0, 0.05) is 25.5 Å². The standard InChI is InChI=1S/C16H17N3O3/c1-19(2)12-7-4-6-11(10-12)17-15(20)13-8-5-9-14(18-13)16(21)22-3/h4-10H,1-3H3,(H,17,20). The van der Waals surface area contributed by atoms with Crippen LogP contribution in [-0.4, -0.2) is 38.1 Å². The number of nitrogens with zero attached hydrogens (tertiary/aromatic N) is 2. The Morgan fingerprint density at radius 3 is 2.45 bits per heavy atom. The molecule has 0 bridgehead atoms. The van der Waals surface area contributed by atoms with Crippen molar-refractivity contribution < 1.29 is 14.3 Å². The summed E-state index contributed by atoms with van der Waals surface area (Å²) in [6.07, 6.45) is 0. The fourth-order valence-corrected chi connectivity index (χ4v) is 1.84. The van der Waals surface area contributed by atoms with E-state index in [1.54, 1.807) is 12.1 Å². The lowest BCUT2D eigenvalue weighted by Crippen LogP contribution is -2.16. The molecule has 0 spiro atoms. The number of rotatable bonds is 4. The largest absolute Gasteiger partial charge is 0.464 e. The number of anilines is 2. The van der Waals surface area contributed by atoms with E-state index in [1.807, 2.05) is 37.2 Å². The number of pyridine rings is 1. The summed E-state index contributed by atoms with van der Waals surface area (Å²) in [6.45, 7) is 0. The minimum absolute atomic E-state index is 0.0946. The summed E-state index contributed by atoms with van der Waals surface area (Å²) < 4.78 is 4.59. The molecule has 0 saturated heterocycles. The average Bonchev–Trinajstić information content (AvgIpc) is 2.54. The number of ether oxygens (including phenoxy) is 1. The molecule has 0 saturated carbocycles. The van der Waals surface area contributed by atoms with E-state index < -0.39 is 5.97 Å². The van der Waals surface area contributed by atoms with Crippen LogP contribution in [0.15, 0.2) is 42.5 Å². The van der Waals surface area contributed by atoms with Gasteiger partial charge in [0.15, 0.2) is 0 Å². The molecule has 1 amide bonds. The van der Waals surface area contributed by atoms with Gasteiger partial charge in [-0.25, -0.2) is 9.78 Å². The van der Waals surface area contributed by atoms with Crippen molar-refractivity contribution in [1.82, 2.24) is 4.98 Å². The Morgan fingerprint density at radius 2 is 1.77 bits per heavy atom. The Balaban J connectivity index is 2.19. The lowest BCUT2D eigenvalue weighted by atomic mass is 10.2. The van der Waals surface area contributed by atoms with E-state index in [9.17, 15) is 9.59 Å². The number of carbonyl (C=O) groups excluding carboxylic acids is 2. The summed E-state index contributed by atoms with van der Waals surface area (Å²) in [5.74, 6) is -0.967. The second-order valence-corrected chi connectivity index (χ2v) is 4.80. The molecule has 1 N–H and O–H groups in total. The number of hydrogen-bond acceptors (Lipinski definition) is 5. The highest BCUT2D eigenvalue weighted by molar-refractivity contribution is 6.03. The van der Waals surface area contributed by atoms with E-state index in [0.29, 0.717) is 5.69 Å². The maximum Gasteiger partial charge on any atom is 0.356 e. The van der Waals surface area contributed by atoms with Crippen LogP contribution in [0.1, 0.15) is 21.0 Å². The molecule has 0 fully saturated rings. The first-order chi connectivity index (χ1) is 10.5. The first-order valence-corrected chi connectivity index (χ1v) is 6.65. The highest BCUT2D eigenvalue weighted by Gasteiger charge is 2.12. The minimum atomic E-state index is -0.579. The molecule has 1 heterocycles. The number of amides is 1. The fourth-order valence-electron chi connectivity index (χ4n) is 1.84. The van der Waals surface area contributed by atoms with Crippen LogP contribution >= 0.6 is 0 Å². The molecule has 0 unspecified atom stereocenters. The van der Waals surface area contributed by atoms with E-state index in [4.69, 9.17) is 0 Å². The average molecular weight is 299 g/mol. The summed E-state index contributed by atoms with van der Waals surface area (Å²) in [6, 6.07) is 12.0. The Labute approximate surface area is 128 Å². The van der Waals surface area contributed by atoms with E-state index in [-0.39, 0.29) is 17.3 Å². The normalized spacial score (nSPS) is 9.95. The van der Waals surface area contributed by atoms with Crippen molar-refractivity contribution in [3.8, 4) is 0 Å². The lowest BCUT2D eigenvalue weighted by Gasteiger charge is -2.14. The van der Waals surface area contributed by atoms with Crippen molar-refractivity contribution in [2.75, 3.05) is 31.4 Å². The third kappa shape index (κ3) is 3.60. The number of methoxy groups -OCH3 is 1. The van der Waals surface area contributed by atoms with Gasteiger partial charge in [0.1, 0.15) is 11.4 Å². The molecule has 6 nitrogen and oxygen atoms in total. The maximum atomic E-state index is 12.2. The van der Waals surface area contributed by atoms with Gasteiger partial charge in [0.05, 0.1) is 7.11 Å². The van der Waals surface area contributed by atoms with Crippen LogP contribution in [0.3, 0.4) is 0 Å². The van der Waals surface area contributed by atoms with Crippen molar-refractivity contribution in [3.05, 3.63) is 53.9 Å². The van der Waals surface area contributed by atoms with E-state index >= 15 is 0 Å². The van der Waals surface area contributed by atoms with Crippen LogP contribution in [0.25, 0.3) is 0 Å². The van der Waals surface area contributed by atoms with E-state index in [0.717, 1.165) is 5.69 Å². The number of esters is 1. The Kier molecular flexibility index (Phi) is 4.73. The summed E-state index contributed by atoms with van der Waals surface area (Å²) in [7, 11) is 5.11. The second kappa shape index (κ2) is 6.71. The summed E-state index contributed by atoms with van der Waals surface area (Å²) >= 11 is 0. The highest BCUT2D eigenvalue weighted by Crippen LogP contribution is 2.17. The van der Waals surface area contributed by atoms with Crippen molar-refractivity contribution in [2.24, 2.45) is 0 Å². The van der Waals surface area contributed by atoms with Crippen molar-refractivity contribution in [1.29, 1.82) is 0 Å². The molecular formula is C16H17N3O3. The summed E-state index contributed by atoms with van der Waals surface area (Å²) in [5.41, 5.74) is 1.87. The quantitative estimate of drug-likeness (QED) is 0.876. The van der Waals surface area contributed by atoms with Gasteiger partial charge >= 0.3 is 5.97 Å². The number of nitrogens with one attached hydrogen (secondary N) is 1. The zero-order chi connectivity index (χ0) is 16.1. The highest BCUT2D eigenvalue weighted by atomic mass is 16.5. The molecule has 1 aromatic heterocycles. The third-order valence-electron chi connectivity index (χ3n) is 3.00. The Hall–Kier alpha value is -2.89. The van der Waals surface area contributed by atoms with Gasteiger partial charge in [0.2, 0.25) is 0 Å². The van der Waals surface area contributed by atoms with Gasteiger partial charge in [-0.3, -0.25) is 4.79 Å². The number of aromatic nitrogens is 1. The van der Waals surface area contributed by atoms with Crippen LogP contribution in [0.4, 0.5) is 11.4 Å². The van der Waals surface area contributed by atoms with Crippen LogP contribution < -0.4 is 10.2 Å². The molecular weight excluding hydrogens is 282 g/mol. The van der Waals surface area contributed by atoms with Crippen molar-refractivity contribution >= 4 is 23.3 Å². The van der Waals surface area contributed by atoms with Crippen LogP contribution in [0.5, 0.6) is 0 Å². The van der Waals surface area contributed by atoms with Gasteiger partial charge < -0.3 is 15.0 Å². The first-order valence-electron chi connectivity index (χ1n) is 6.65. The van der Waals surface area contributed by atoms with Gasteiger partial charge in [-0.2, -0.15) is 0 Å². The number of hydrogen-bond donors (Lipinski definition) is 1. The molecule has 22 heavy (non-hydrogen) atoms. The van der Waals surface area contributed by atoms with E-state index in [1.165, 1.54) is 19.2 Å². The van der Waals surface area contributed by atoms with Gasteiger partial charge in [-0.1, -0.05) is 12.1 Å². The van der Waals surface area contributed by atoms with E-state index in [2.05, 4.69) is 15.0 Å². The molecule has 2 rings (SSSR count). The van der Waals surface area contributed by atoms with Crippen LogP contribution in [0.2, 0.25) is 0 Å². The van der Waals surface area contributed by atoms with Gasteiger partial charge in [-0.15, -0.1) is 0 Å². The lowest BCUT2D eigenvalue weighted by molar-refractivity contribution is 0.0594. The van der Waals surface area contributed by atoms with Gasteiger partial charge in [-0.05, 0) is 30.3 Å². The molecule has 0 radical (unpaired) electrons. The Bertz CT molecular complexity index is 699. The third-order valence-corrected chi connectivity index (χ3v) is 3.00. The zero-order valence-corrected chi connectivity index (χ0v) is 12.7. The molecule has 114 valence electrons. The SMILES string of the molecule is COC(=O)c1cccc(C(=O)Nc2cccc(N(C)C)c2)n1.